The van der Waals surface area contributed by atoms with E-state index in [9.17, 15) is 4.79 Å². The molecule has 0 saturated carbocycles. The molecule has 2 nitrogen and oxygen atoms in total. The summed E-state index contributed by atoms with van der Waals surface area (Å²) in [6, 6.07) is 0. The van der Waals surface area contributed by atoms with Gasteiger partial charge in [0.1, 0.15) is 6.29 Å². The number of carbonyl (C=O) groups is 1. The van der Waals surface area contributed by atoms with Crippen molar-refractivity contribution < 1.29 is 4.79 Å². The molecule has 1 atom stereocenters. The standard InChI is InChI=1S/C10H21NO/c1-6-10(4,11-5)7-9(2,3)8-12/h8,11H,6-7H2,1-5H3. The first-order valence-corrected chi connectivity index (χ1v) is 4.54. The van der Waals surface area contributed by atoms with Crippen LogP contribution in [0.1, 0.15) is 40.5 Å². The Kier molecular flexibility index (Phi) is 3.91. The molecule has 1 unspecified atom stereocenters. The Balaban J connectivity index is 4.29. The van der Waals surface area contributed by atoms with E-state index in [0.717, 1.165) is 19.1 Å². The van der Waals surface area contributed by atoms with Gasteiger partial charge in [0.25, 0.3) is 0 Å². The molecule has 0 aromatic heterocycles. The van der Waals surface area contributed by atoms with Crippen molar-refractivity contribution in [2.45, 2.75) is 46.1 Å². The minimum atomic E-state index is -0.215. The molecular formula is C10H21NO. The molecule has 0 aliphatic rings. The normalized spacial score (nSPS) is 17.1. The Labute approximate surface area is 75.7 Å². The van der Waals surface area contributed by atoms with Gasteiger partial charge in [-0.15, -0.1) is 0 Å². The lowest BCUT2D eigenvalue weighted by molar-refractivity contribution is -0.115. The Morgan fingerprint density at radius 1 is 1.33 bits per heavy atom. The smallest absolute Gasteiger partial charge is 0.125 e. The largest absolute Gasteiger partial charge is 0.315 e. The molecule has 0 aliphatic heterocycles. The highest BCUT2D eigenvalue weighted by molar-refractivity contribution is 5.58. The van der Waals surface area contributed by atoms with Gasteiger partial charge in [0.2, 0.25) is 0 Å². The van der Waals surface area contributed by atoms with Crippen molar-refractivity contribution in [1.29, 1.82) is 0 Å². The van der Waals surface area contributed by atoms with Crippen molar-refractivity contribution in [2.24, 2.45) is 5.41 Å². The minimum absolute atomic E-state index is 0.0877. The van der Waals surface area contributed by atoms with Crippen LogP contribution in [-0.4, -0.2) is 18.9 Å². The topological polar surface area (TPSA) is 29.1 Å². The predicted molar refractivity (Wildman–Crippen MR) is 52.2 cm³/mol. The van der Waals surface area contributed by atoms with Gasteiger partial charge in [0, 0.05) is 11.0 Å². The Bertz CT molecular complexity index is 148. The second-order valence-electron chi connectivity index (χ2n) is 4.45. The number of carbonyl (C=O) groups excluding carboxylic acids is 1. The van der Waals surface area contributed by atoms with E-state index in [2.05, 4.69) is 19.2 Å². The van der Waals surface area contributed by atoms with Gasteiger partial charge in [-0.3, -0.25) is 0 Å². The lowest BCUT2D eigenvalue weighted by atomic mass is 9.79. The quantitative estimate of drug-likeness (QED) is 0.641. The van der Waals surface area contributed by atoms with Crippen LogP contribution in [0.3, 0.4) is 0 Å². The summed E-state index contributed by atoms with van der Waals surface area (Å²) < 4.78 is 0. The van der Waals surface area contributed by atoms with Gasteiger partial charge in [0.05, 0.1) is 0 Å². The van der Waals surface area contributed by atoms with Crippen LogP contribution in [0.2, 0.25) is 0 Å². The first-order valence-electron chi connectivity index (χ1n) is 4.54. The van der Waals surface area contributed by atoms with E-state index in [4.69, 9.17) is 0 Å². The van der Waals surface area contributed by atoms with Crippen LogP contribution in [0.5, 0.6) is 0 Å². The molecule has 0 fully saturated rings. The third kappa shape index (κ3) is 3.35. The maximum atomic E-state index is 10.7. The summed E-state index contributed by atoms with van der Waals surface area (Å²) >= 11 is 0. The summed E-state index contributed by atoms with van der Waals surface area (Å²) in [7, 11) is 1.95. The van der Waals surface area contributed by atoms with E-state index in [0.29, 0.717) is 0 Å². The fourth-order valence-electron chi connectivity index (χ4n) is 1.44. The van der Waals surface area contributed by atoms with E-state index in [-0.39, 0.29) is 11.0 Å². The lowest BCUT2D eigenvalue weighted by Gasteiger charge is -2.33. The first-order chi connectivity index (χ1) is 5.39. The van der Waals surface area contributed by atoms with E-state index in [1.807, 2.05) is 20.9 Å². The molecule has 0 saturated heterocycles. The fourth-order valence-corrected chi connectivity index (χ4v) is 1.44. The number of hydrogen-bond donors (Lipinski definition) is 1. The fraction of sp³-hybridized carbons (Fsp3) is 0.900. The van der Waals surface area contributed by atoms with Crippen molar-refractivity contribution in [1.82, 2.24) is 5.32 Å². The summed E-state index contributed by atoms with van der Waals surface area (Å²) in [6.07, 6.45) is 2.97. The molecule has 0 amide bonds. The molecule has 0 bridgehead atoms. The number of aldehydes is 1. The van der Waals surface area contributed by atoms with E-state index in [1.165, 1.54) is 0 Å². The van der Waals surface area contributed by atoms with Crippen LogP contribution >= 0.6 is 0 Å². The summed E-state index contributed by atoms with van der Waals surface area (Å²) in [4.78, 5) is 10.7. The maximum absolute atomic E-state index is 10.7. The number of nitrogens with one attached hydrogen (secondary N) is 1. The van der Waals surface area contributed by atoms with Gasteiger partial charge in [-0.1, -0.05) is 20.8 Å². The Hall–Kier alpha value is -0.370. The van der Waals surface area contributed by atoms with Gasteiger partial charge in [-0.25, -0.2) is 0 Å². The van der Waals surface area contributed by atoms with Crippen molar-refractivity contribution in [3.05, 3.63) is 0 Å². The average Bonchev–Trinajstić information content (AvgIpc) is 2.04. The van der Waals surface area contributed by atoms with E-state index >= 15 is 0 Å². The van der Waals surface area contributed by atoms with Crippen LogP contribution in [0.25, 0.3) is 0 Å². The number of hydrogen-bond acceptors (Lipinski definition) is 2. The molecule has 0 aliphatic carbocycles. The minimum Gasteiger partial charge on any atom is -0.315 e. The molecular weight excluding hydrogens is 150 g/mol. The van der Waals surface area contributed by atoms with Gasteiger partial charge >= 0.3 is 0 Å². The molecule has 12 heavy (non-hydrogen) atoms. The summed E-state index contributed by atoms with van der Waals surface area (Å²) in [6.45, 7) is 8.24. The predicted octanol–water partition coefficient (Wildman–Crippen LogP) is 1.99. The highest BCUT2D eigenvalue weighted by Gasteiger charge is 2.29. The van der Waals surface area contributed by atoms with Crippen molar-refractivity contribution >= 4 is 6.29 Å². The van der Waals surface area contributed by atoms with Crippen molar-refractivity contribution in [3.63, 3.8) is 0 Å². The van der Waals surface area contributed by atoms with Crippen molar-refractivity contribution in [2.75, 3.05) is 7.05 Å². The van der Waals surface area contributed by atoms with Crippen LogP contribution in [-0.2, 0) is 4.79 Å². The second-order valence-corrected chi connectivity index (χ2v) is 4.45. The third-order valence-corrected chi connectivity index (χ3v) is 2.55. The molecule has 0 aromatic carbocycles. The molecule has 72 valence electrons. The van der Waals surface area contributed by atoms with Gasteiger partial charge in [-0.2, -0.15) is 0 Å². The zero-order chi connectivity index (χ0) is 9.83. The Morgan fingerprint density at radius 2 is 1.83 bits per heavy atom. The van der Waals surface area contributed by atoms with Crippen molar-refractivity contribution in [3.8, 4) is 0 Å². The SMILES string of the molecule is CCC(C)(CC(C)(C)C=O)NC. The average molecular weight is 171 g/mol. The second kappa shape index (κ2) is 4.04. The van der Waals surface area contributed by atoms with E-state index < -0.39 is 0 Å². The molecule has 0 spiro atoms. The molecule has 0 aromatic rings. The molecule has 1 N–H and O–H groups in total. The zero-order valence-electron chi connectivity index (χ0n) is 8.90. The maximum Gasteiger partial charge on any atom is 0.125 e. The monoisotopic (exact) mass is 171 g/mol. The van der Waals surface area contributed by atoms with Crippen LogP contribution in [0.4, 0.5) is 0 Å². The molecule has 0 rings (SSSR count). The first kappa shape index (κ1) is 11.6. The lowest BCUT2D eigenvalue weighted by Crippen LogP contribution is -2.43. The summed E-state index contributed by atoms with van der Waals surface area (Å²) in [5.74, 6) is 0. The zero-order valence-corrected chi connectivity index (χ0v) is 8.90. The highest BCUT2D eigenvalue weighted by atomic mass is 16.1. The van der Waals surface area contributed by atoms with Crippen LogP contribution < -0.4 is 5.32 Å². The van der Waals surface area contributed by atoms with Gasteiger partial charge < -0.3 is 10.1 Å². The third-order valence-electron chi connectivity index (χ3n) is 2.55. The highest BCUT2D eigenvalue weighted by Crippen LogP contribution is 2.27. The van der Waals surface area contributed by atoms with E-state index in [1.54, 1.807) is 0 Å². The molecule has 0 heterocycles. The number of rotatable bonds is 5. The van der Waals surface area contributed by atoms with Gasteiger partial charge in [-0.05, 0) is 26.8 Å². The Morgan fingerprint density at radius 3 is 2.08 bits per heavy atom. The summed E-state index contributed by atoms with van der Waals surface area (Å²) in [5.41, 5.74) is -0.127. The summed E-state index contributed by atoms with van der Waals surface area (Å²) in [5, 5.41) is 3.26. The molecule has 2 heteroatoms. The van der Waals surface area contributed by atoms with Crippen LogP contribution in [0.15, 0.2) is 0 Å². The van der Waals surface area contributed by atoms with Crippen LogP contribution in [0, 0.1) is 5.41 Å². The molecule has 0 radical (unpaired) electrons. The van der Waals surface area contributed by atoms with Gasteiger partial charge in [0.15, 0.2) is 0 Å².